The minimum Gasteiger partial charge on any atom is -0.298 e. The first-order valence-electron chi connectivity index (χ1n) is 6.18. The number of carbonyl (C=O) groups excluding carboxylic acids is 1. The van der Waals surface area contributed by atoms with Gasteiger partial charge in [-0.05, 0) is 43.0 Å². The number of rotatable bonds is 3. The molecule has 2 aromatic rings. The van der Waals surface area contributed by atoms with Crippen molar-refractivity contribution in [2.45, 2.75) is 27.2 Å². The first kappa shape index (κ1) is 12.5. The van der Waals surface area contributed by atoms with E-state index in [2.05, 4.69) is 37.0 Å². The lowest BCUT2D eigenvalue weighted by Gasteiger charge is -2.10. The lowest BCUT2D eigenvalue weighted by molar-refractivity contribution is 0.112. The van der Waals surface area contributed by atoms with Crippen molar-refractivity contribution in [3.63, 3.8) is 0 Å². The van der Waals surface area contributed by atoms with Gasteiger partial charge in [0.2, 0.25) is 0 Å². The van der Waals surface area contributed by atoms with Crippen molar-refractivity contribution in [1.29, 1.82) is 0 Å². The van der Waals surface area contributed by atoms with Crippen LogP contribution in [0.15, 0.2) is 30.5 Å². The molecule has 0 aliphatic carbocycles. The lowest BCUT2D eigenvalue weighted by atomic mass is 9.97. The predicted molar refractivity (Wildman–Crippen MR) is 73.9 cm³/mol. The fourth-order valence-electron chi connectivity index (χ4n) is 2.14. The van der Waals surface area contributed by atoms with Crippen LogP contribution in [0.1, 0.15) is 34.0 Å². The van der Waals surface area contributed by atoms with E-state index in [1.807, 2.05) is 13.0 Å². The number of benzene rings is 1. The van der Waals surface area contributed by atoms with Gasteiger partial charge in [-0.15, -0.1) is 0 Å². The number of nitrogens with zero attached hydrogens (tertiary/aromatic N) is 1. The highest BCUT2D eigenvalue weighted by molar-refractivity contribution is 5.88. The van der Waals surface area contributed by atoms with Crippen molar-refractivity contribution in [1.82, 2.24) is 4.98 Å². The summed E-state index contributed by atoms with van der Waals surface area (Å²) in [4.78, 5) is 15.6. The Morgan fingerprint density at radius 2 is 1.94 bits per heavy atom. The quantitative estimate of drug-likeness (QED) is 0.764. The van der Waals surface area contributed by atoms with Gasteiger partial charge in [0, 0.05) is 17.3 Å². The van der Waals surface area contributed by atoms with E-state index in [1.165, 1.54) is 5.56 Å². The molecule has 0 saturated heterocycles. The maximum atomic E-state index is 11.2. The summed E-state index contributed by atoms with van der Waals surface area (Å²) in [6, 6.07) is 8.18. The van der Waals surface area contributed by atoms with E-state index in [4.69, 9.17) is 0 Å². The molecule has 92 valence electrons. The Morgan fingerprint density at radius 3 is 2.56 bits per heavy atom. The van der Waals surface area contributed by atoms with Crippen LogP contribution >= 0.6 is 0 Å². The van der Waals surface area contributed by atoms with Crippen LogP contribution in [0.3, 0.4) is 0 Å². The average molecular weight is 239 g/mol. The minimum absolute atomic E-state index is 0.685. The number of carbonyl (C=O) groups is 1. The molecule has 2 rings (SSSR count). The number of hydrogen-bond donors (Lipinski definition) is 0. The van der Waals surface area contributed by atoms with Gasteiger partial charge in [0.15, 0.2) is 6.29 Å². The normalized spacial score (nSPS) is 10.4. The van der Waals surface area contributed by atoms with Gasteiger partial charge < -0.3 is 0 Å². The van der Waals surface area contributed by atoms with E-state index in [9.17, 15) is 4.79 Å². The number of aromatic nitrogens is 1. The Hall–Kier alpha value is -1.96. The average Bonchev–Trinajstić information content (AvgIpc) is 2.38. The third kappa shape index (κ3) is 2.19. The molecule has 18 heavy (non-hydrogen) atoms. The van der Waals surface area contributed by atoms with Gasteiger partial charge in [0.05, 0.1) is 5.69 Å². The van der Waals surface area contributed by atoms with Gasteiger partial charge in [-0.3, -0.25) is 9.78 Å². The minimum atomic E-state index is 0.685. The van der Waals surface area contributed by atoms with Crippen LogP contribution in [0, 0.1) is 13.8 Å². The fourth-order valence-corrected chi connectivity index (χ4v) is 2.14. The number of hydrogen-bond acceptors (Lipinski definition) is 2. The summed E-state index contributed by atoms with van der Waals surface area (Å²) in [7, 11) is 0. The van der Waals surface area contributed by atoms with Crippen LogP contribution in [0.5, 0.6) is 0 Å². The van der Waals surface area contributed by atoms with E-state index in [0.29, 0.717) is 5.56 Å². The number of aryl methyl sites for hydroxylation is 3. The molecular weight excluding hydrogens is 222 g/mol. The maximum Gasteiger partial charge on any atom is 0.152 e. The molecule has 0 aliphatic rings. The van der Waals surface area contributed by atoms with Crippen molar-refractivity contribution in [2.75, 3.05) is 0 Å². The van der Waals surface area contributed by atoms with Gasteiger partial charge in [0.25, 0.3) is 0 Å². The first-order chi connectivity index (χ1) is 8.67. The predicted octanol–water partition coefficient (Wildman–Crippen LogP) is 3.74. The SMILES string of the molecule is CCc1ccc(-c2nccc(C)c2C=O)c(C)c1. The van der Waals surface area contributed by atoms with Crippen LogP contribution in [-0.4, -0.2) is 11.3 Å². The van der Waals surface area contributed by atoms with Gasteiger partial charge in [-0.25, -0.2) is 0 Å². The molecule has 1 aromatic carbocycles. The molecule has 0 radical (unpaired) electrons. The topological polar surface area (TPSA) is 30.0 Å². The first-order valence-corrected chi connectivity index (χ1v) is 6.18. The Morgan fingerprint density at radius 1 is 1.17 bits per heavy atom. The standard InChI is InChI=1S/C16H17NO/c1-4-13-5-6-14(12(3)9-13)16-15(10-18)11(2)7-8-17-16/h5-10H,4H2,1-3H3. The molecule has 0 aliphatic heterocycles. The number of pyridine rings is 1. The summed E-state index contributed by atoms with van der Waals surface area (Å²) in [6.45, 7) is 6.13. The summed E-state index contributed by atoms with van der Waals surface area (Å²) in [5, 5.41) is 0. The van der Waals surface area contributed by atoms with E-state index in [-0.39, 0.29) is 0 Å². The second kappa shape index (κ2) is 5.13. The molecule has 0 unspecified atom stereocenters. The number of aldehydes is 1. The van der Waals surface area contributed by atoms with E-state index < -0.39 is 0 Å². The summed E-state index contributed by atoms with van der Waals surface area (Å²) in [5.41, 5.74) is 5.94. The van der Waals surface area contributed by atoms with E-state index >= 15 is 0 Å². The van der Waals surface area contributed by atoms with Crippen molar-refractivity contribution in [2.24, 2.45) is 0 Å². The highest BCUT2D eigenvalue weighted by atomic mass is 16.1. The Labute approximate surface area is 108 Å². The molecule has 1 heterocycles. The van der Waals surface area contributed by atoms with Crippen LogP contribution in [0.2, 0.25) is 0 Å². The van der Waals surface area contributed by atoms with Gasteiger partial charge >= 0.3 is 0 Å². The summed E-state index contributed by atoms with van der Waals surface area (Å²) in [5.74, 6) is 0. The van der Waals surface area contributed by atoms with Crippen molar-refractivity contribution < 1.29 is 4.79 Å². The maximum absolute atomic E-state index is 11.2. The largest absolute Gasteiger partial charge is 0.298 e. The third-order valence-corrected chi connectivity index (χ3v) is 3.28. The highest BCUT2D eigenvalue weighted by Crippen LogP contribution is 2.26. The fraction of sp³-hybridized carbons (Fsp3) is 0.250. The van der Waals surface area contributed by atoms with Gasteiger partial charge in [-0.2, -0.15) is 0 Å². The molecule has 0 saturated carbocycles. The molecule has 1 aromatic heterocycles. The Bertz CT molecular complexity index is 588. The molecule has 0 spiro atoms. The summed E-state index contributed by atoms with van der Waals surface area (Å²) >= 11 is 0. The monoisotopic (exact) mass is 239 g/mol. The van der Waals surface area contributed by atoms with Crippen molar-refractivity contribution in [3.05, 3.63) is 52.7 Å². The zero-order valence-corrected chi connectivity index (χ0v) is 11.0. The second-order valence-electron chi connectivity index (χ2n) is 4.51. The van der Waals surface area contributed by atoms with Crippen LogP contribution in [0.4, 0.5) is 0 Å². The molecule has 0 atom stereocenters. The highest BCUT2D eigenvalue weighted by Gasteiger charge is 2.10. The molecule has 2 heteroatoms. The molecular formula is C16H17NO. The molecule has 0 bridgehead atoms. The van der Waals surface area contributed by atoms with Gasteiger partial charge in [-0.1, -0.05) is 25.1 Å². The zero-order valence-electron chi connectivity index (χ0n) is 11.0. The lowest BCUT2D eigenvalue weighted by Crippen LogP contribution is -1.97. The molecule has 0 fully saturated rings. The van der Waals surface area contributed by atoms with Crippen molar-refractivity contribution >= 4 is 6.29 Å². The van der Waals surface area contributed by atoms with Crippen molar-refractivity contribution in [3.8, 4) is 11.3 Å². The third-order valence-electron chi connectivity index (χ3n) is 3.28. The summed E-state index contributed by atoms with van der Waals surface area (Å²) in [6.07, 6.45) is 3.67. The molecule has 2 nitrogen and oxygen atoms in total. The van der Waals surface area contributed by atoms with Gasteiger partial charge in [0.1, 0.15) is 0 Å². The molecule has 0 N–H and O–H groups in total. The second-order valence-corrected chi connectivity index (χ2v) is 4.51. The zero-order chi connectivity index (χ0) is 13.1. The van der Waals surface area contributed by atoms with E-state index in [0.717, 1.165) is 35.1 Å². The van der Waals surface area contributed by atoms with E-state index in [1.54, 1.807) is 6.20 Å². The Kier molecular flexibility index (Phi) is 3.56. The smallest absolute Gasteiger partial charge is 0.152 e. The van der Waals surface area contributed by atoms with Crippen LogP contribution in [0.25, 0.3) is 11.3 Å². The van der Waals surface area contributed by atoms with Crippen LogP contribution in [-0.2, 0) is 6.42 Å². The summed E-state index contributed by atoms with van der Waals surface area (Å²) < 4.78 is 0. The Balaban J connectivity index is 2.62. The molecule has 0 amide bonds. The van der Waals surface area contributed by atoms with Crippen LogP contribution < -0.4 is 0 Å².